The average molecular weight is 268 g/mol. The zero-order chi connectivity index (χ0) is 13.1. The van der Waals surface area contributed by atoms with E-state index in [9.17, 15) is 9.00 Å². The van der Waals surface area contributed by atoms with Crippen LogP contribution in [0.3, 0.4) is 0 Å². The monoisotopic (exact) mass is 268 g/mol. The van der Waals surface area contributed by atoms with E-state index in [1.807, 2.05) is 0 Å². The number of aryl methyl sites for hydroxylation is 1. The maximum Gasteiger partial charge on any atom is 0.335 e. The summed E-state index contributed by atoms with van der Waals surface area (Å²) in [5, 5.41) is 9.14. The molecule has 2 rings (SSSR count). The number of carbonyl (C=O) groups is 1. The molecular weight excluding hydrogens is 252 g/mol. The van der Waals surface area contributed by atoms with Gasteiger partial charge in [-0.15, -0.1) is 0 Å². The molecule has 18 heavy (non-hydrogen) atoms. The van der Waals surface area contributed by atoms with Crippen molar-refractivity contribution < 1.29 is 18.8 Å². The van der Waals surface area contributed by atoms with Crippen LogP contribution < -0.4 is 0 Å². The first-order valence-electron chi connectivity index (χ1n) is 5.92. The summed E-state index contributed by atoms with van der Waals surface area (Å²) in [7, 11) is -1.15. The Morgan fingerprint density at radius 3 is 2.67 bits per heavy atom. The van der Waals surface area contributed by atoms with Crippen LogP contribution in [0.2, 0.25) is 0 Å². The molecule has 1 aromatic carbocycles. The van der Waals surface area contributed by atoms with E-state index in [0.717, 1.165) is 12.8 Å². The number of rotatable bonds is 3. The van der Waals surface area contributed by atoms with Crippen molar-refractivity contribution >= 4 is 16.8 Å². The van der Waals surface area contributed by atoms with Crippen LogP contribution >= 0.6 is 0 Å². The fourth-order valence-corrected chi connectivity index (χ4v) is 3.48. The van der Waals surface area contributed by atoms with Crippen molar-refractivity contribution in [2.75, 3.05) is 13.2 Å². The molecule has 0 aliphatic carbocycles. The summed E-state index contributed by atoms with van der Waals surface area (Å²) in [4.78, 5) is 11.7. The Hall–Kier alpha value is -1.20. The molecule has 0 amide bonds. The van der Waals surface area contributed by atoms with Gasteiger partial charge in [-0.1, -0.05) is 6.07 Å². The van der Waals surface area contributed by atoms with Gasteiger partial charge in [0.2, 0.25) is 0 Å². The van der Waals surface area contributed by atoms with Crippen molar-refractivity contribution in [1.82, 2.24) is 0 Å². The second-order valence-corrected chi connectivity index (χ2v) is 6.12. The van der Waals surface area contributed by atoms with Gasteiger partial charge in [-0.3, -0.25) is 4.21 Å². The third-order valence-corrected chi connectivity index (χ3v) is 4.94. The lowest BCUT2D eigenvalue weighted by molar-refractivity contribution is 0.0695. The van der Waals surface area contributed by atoms with E-state index in [1.165, 1.54) is 6.07 Å². The zero-order valence-corrected chi connectivity index (χ0v) is 11.0. The summed E-state index contributed by atoms with van der Waals surface area (Å²) in [5.41, 5.74) is 0.920. The smallest absolute Gasteiger partial charge is 0.335 e. The van der Waals surface area contributed by atoms with E-state index >= 15 is 0 Å². The number of hydrogen-bond acceptors (Lipinski definition) is 3. The Morgan fingerprint density at radius 1 is 1.39 bits per heavy atom. The van der Waals surface area contributed by atoms with Gasteiger partial charge in [0.1, 0.15) is 0 Å². The molecule has 1 aliphatic heterocycles. The first kappa shape index (κ1) is 13.2. The van der Waals surface area contributed by atoms with Crippen LogP contribution in [0.15, 0.2) is 23.1 Å². The van der Waals surface area contributed by atoms with Gasteiger partial charge in [0, 0.05) is 23.4 Å². The highest BCUT2D eigenvalue weighted by Crippen LogP contribution is 2.22. The van der Waals surface area contributed by atoms with Crippen LogP contribution in [0.25, 0.3) is 0 Å². The SMILES string of the molecule is Cc1ccc(S(=O)C2CCOCC2)cc1C(=O)O. The Kier molecular flexibility index (Phi) is 4.14. The number of carboxylic acid groups (broad SMARTS) is 1. The standard InChI is InChI=1S/C13H16O4S/c1-9-2-3-11(8-12(9)13(14)15)18(16)10-4-6-17-7-5-10/h2-3,8,10H,4-7H2,1H3,(H,14,15). The largest absolute Gasteiger partial charge is 0.478 e. The summed E-state index contributed by atoms with van der Waals surface area (Å²) < 4.78 is 17.6. The molecule has 1 N–H and O–H groups in total. The second-order valence-electron chi connectivity index (χ2n) is 4.39. The highest BCUT2D eigenvalue weighted by atomic mass is 32.2. The predicted octanol–water partition coefficient (Wildman–Crippen LogP) is 1.98. The van der Waals surface area contributed by atoms with E-state index in [4.69, 9.17) is 9.84 Å². The van der Waals surface area contributed by atoms with E-state index in [1.54, 1.807) is 19.1 Å². The maximum absolute atomic E-state index is 12.3. The van der Waals surface area contributed by atoms with Crippen LogP contribution in [0, 0.1) is 6.92 Å². The van der Waals surface area contributed by atoms with Gasteiger partial charge in [0.05, 0.1) is 16.4 Å². The molecule has 1 aliphatic rings. The van der Waals surface area contributed by atoms with Crippen molar-refractivity contribution in [1.29, 1.82) is 0 Å². The normalized spacial score (nSPS) is 18.5. The maximum atomic E-state index is 12.3. The highest BCUT2D eigenvalue weighted by Gasteiger charge is 2.22. The van der Waals surface area contributed by atoms with Gasteiger partial charge >= 0.3 is 5.97 Å². The van der Waals surface area contributed by atoms with E-state index in [2.05, 4.69) is 0 Å². The molecule has 1 fully saturated rings. The summed E-state index contributed by atoms with van der Waals surface area (Å²) in [6.07, 6.45) is 1.53. The molecule has 0 aromatic heterocycles. The minimum Gasteiger partial charge on any atom is -0.478 e. The van der Waals surface area contributed by atoms with Crippen LogP contribution in [0.4, 0.5) is 0 Å². The molecule has 1 atom stereocenters. The molecule has 0 spiro atoms. The fourth-order valence-electron chi connectivity index (χ4n) is 2.04. The van der Waals surface area contributed by atoms with E-state index < -0.39 is 16.8 Å². The average Bonchev–Trinajstić information content (AvgIpc) is 2.39. The molecule has 1 aromatic rings. The van der Waals surface area contributed by atoms with E-state index in [-0.39, 0.29) is 10.8 Å². The van der Waals surface area contributed by atoms with E-state index in [0.29, 0.717) is 23.7 Å². The van der Waals surface area contributed by atoms with Gasteiger partial charge in [-0.25, -0.2) is 4.79 Å². The van der Waals surface area contributed by atoms with Gasteiger partial charge in [-0.05, 0) is 37.5 Å². The van der Waals surface area contributed by atoms with Gasteiger partial charge in [0.15, 0.2) is 0 Å². The van der Waals surface area contributed by atoms with Crippen LogP contribution in [-0.4, -0.2) is 33.7 Å². The Morgan fingerprint density at radius 2 is 2.06 bits per heavy atom. The lowest BCUT2D eigenvalue weighted by Crippen LogP contribution is -2.25. The third-order valence-electron chi connectivity index (χ3n) is 3.14. The second kappa shape index (κ2) is 5.63. The number of benzene rings is 1. The molecule has 1 saturated heterocycles. The minimum atomic E-state index is -1.15. The van der Waals surface area contributed by atoms with Gasteiger partial charge in [0.25, 0.3) is 0 Å². The van der Waals surface area contributed by atoms with Gasteiger partial charge < -0.3 is 9.84 Å². The Labute approximate surface area is 108 Å². The molecule has 1 unspecified atom stereocenters. The topological polar surface area (TPSA) is 63.6 Å². The number of hydrogen-bond donors (Lipinski definition) is 1. The fraction of sp³-hybridized carbons (Fsp3) is 0.462. The van der Waals surface area contributed by atoms with Crippen molar-refractivity contribution in [2.24, 2.45) is 0 Å². The van der Waals surface area contributed by atoms with Crippen molar-refractivity contribution in [3.05, 3.63) is 29.3 Å². The molecule has 5 heteroatoms. The summed E-state index contributed by atoms with van der Waals surface area (Å²) in [6.45, 7) is 3.01. The lowest BCUT2D eigenvalue weighted by Gasteiger charge is -2.21. The minimum absolute atomic E-state index is 0.0723. The molecule has 0 saturated carbocycles. The molecule has 0 bridgehead atoms. The predicted molar refractivity (Wildman–Crippen MR) is 68.4 cm³/mol. The first-order valence-corrected chi connectivity index (χ1v) is 7.13. The molecule has 98 valence electrons. The van der Waals surface area contributed by atoms with Crippen molar-refractivity contribution in [2.45, 2.75) is 29.9 Å². The number of aromatic carboxylic acids is 1. The third kappa shape index (κ3) is 2.79. The summed E-state index contributed by atoms with van der Waals surface area (Å²) in [6, 6.07) is 5.01. The van der Waals surface area contributed by atoms with Gasteiger partial charge in [-0.2, -0.15) is 0 Å². The Bertz CT molecular complexity index is 478. The molecular formula is C13H16O4S. The summed E-state index contributed by atoms with van der Waals surface area (Å²) >= 11 is 0. The quantitative estimate of drug-likeness (QED) is 0.910. The first-order chi connectivity index (χ1) is 8.59. The molecule has 4 nitrogen and oxygen atoms in total. The van der Waals surface area contributed by atoms with Crippen LogP contribution in [-0.2, 0) is 15.5 Å². The summed E-state index contributed by atoms with van der Waals surface area (Å²) in [5.74, 6) is -0.974. The zero-order valence-electron chi connectivity index (χ0n) is 10.2. The Balaban J connectivity index is 2.24. The van der Waals surface area contributed by atoms with Crippen LogP contribution in [0.1, 0.15) is 28.8 Å². The number of ether oxygens (including phenoxy) is 1. The lowest BCUT2D eigenvalue weighted by atomic mass is 10.1. The van der Waals surface area contributed by atoms with Crippen molar-refractivity contribution in [3.63, 3.8) is 0 Å². The van der Waals surface area contributed by atoms with Crippen LogP contribution in [0.5, 0.6) is 0 Å². The van der Waals surface area contributed by atoms with Crippen molar-refractivity contribution in [3.8, 4) is 0 Å². The highest BCUT2D eigenvalue weighted by molar-refractivity contribution is 7.85. The molecule has 0 radical (unpaired) electrons. The number of carboxylic acids is 1. The molecule has 1 heterocycles.